The number of hydrogen-bond donors (Lipinski definition) is 0. The Kier molecular flexibility index (Phi) is 3.60. The second-order valence-corrected chi connectivity index (χ2v) is 4.42. The average molecular weight is 233 g/mol. The molecule has 0 unspecified atom stereocenters. The fourth-order valence-corrected chi connectivity index (χ4v) is 2.16. The Hall–Kier alpha value is -1.60. The third-order valence-electron chi connectivity index (χ3n) is 3.14. The van der Waals surface area contributed by atoms with Crippen molar-refractivity contribution in [3.8, 4) is 6.07 Å². The molecule has 2 rings (SSSR count). The second-order valence-electron chi connectivity index (χ2n) is 4.42. The predicted molar refractivity (Wildman–Crippen MR) is 65.4 cm³/mol. The van der Waals surface area contributed by atoms with Crippen LogP contribution in [0.3, 0.4) is 0 Å². The zero-order valence-electron chi connectivity index (χ0n) is 9.99. The molecule has 1 aromatic rings. The van der Waals surface area contributed by atoms with E-state index < -0.39 is 0 Å². The van der Waals surface area contributed by atoms with Gasteiger partial charge in [0.15, 0.2) is 0 Å². The van der Waals surface area contributed by atoms with E-state index in [0.29, 0.717) is 5.56 Å². The van der Waals surface area contributed by atoms with Gasteiger partial charge in [0.25, 0.3) is 0 Å². The Morgan fingerprint density at radius 2 is 2.06 bits per heavy atom. The van der Waals surface area contributed by atoms with Crippen molar-refractivity contribution in [1.29, 1.82) is 5.26 Å². The van der Waals surface area contributed by atoms with Gasteiger partial charge in [-0.2, -0.15) is 5.26 Å². The molecule has 0 aliphatic carbocycles. The van der Waals surface area contributed by atoms with E-state index in [2.05, 4.69) is 22.9 Å². The van der Waals surface area contributed by atoms with Crippen LogP contribution in [0, 0.1) is 17.1 Å². The molecule has 1 aliphatic rings. The molecule has 0 atom stereocenters. The van der Waals surface area contributed by atoms with Crippen LogP contribution >= 0.6 is 0 Å². The highest BCUT2D eigenvalue weighted by atomic mass is 19.1. The van der Waals surface area contributed by atoms with Crippen LogP contribution in [-0.2, 0) is 0 Å². The maximum Gasteiger partial charge on any atom is 0.124 e. The average Bonchev–Trinajstić information content (AvgIpc) is 2.54. The van der Waals surface area contributed by atoms with Gasteiger partial charge in [0, 0.05) is 19.6 Å². The highest BCUT2D eigenvalue weighted by molar-refractivity contribution is 5.59. The van der Waals surface area contributed by atoms with Gasteiger partial charge in [0.1, 0.15) is 11.9 Å². The van der Waals surface area contributed by atoms with E-state index in [0.717, 1.165) is 38.3 Å². The molecule has 1 heterocycles. The molecule has 4 heteroatoms. The largest absolute Gasteiger partial charge is 0.369 e. The first kappa shape index (κ1) is 11.9. The summed E-state index contributed by atoms with van der Waals surface area (Å²) in [5.41, 5.74) is 1.28. The van der Waals surface area contributed by atoms with Crippen molar-refractivity contribution < 1.29 is 4.39 Å². The summed E-state index contributed by atoms with van der Waals surface area (Å²) in [6, 6.07) is 6.51. The zero-order valence-corrected chi connectivity index (χ0v) is 9.99. The van der Waals surface area contributed by atoms with Crippen LogP contribution in [0.2, 0.25) is 0 Å². The normalized spacial score (nSPS) is 17.6. The summed E-state index contributed by atoms with van der Waals surface area (Å²) < 4.78 is 13.1. The van der Waals surface area contributed by atoms with Gasteiger partial charge in [0.05, 0.1) is 11.3 Å². The maximum atomic E-state index is 13.1. The third-order valence-corrected chi connectivity index (χ3v) is 3.14. The molecule has 1 fully saturated rings. The van der Waals surface area contributed by atoms with E-state index in [-0.39, 0.29) is 5.82 Å². The van der Waals surface area contributed by atoms with E-state index in [1.165, 1.54) is 12.1 Å². The number of benzene rings is 1. The number of hydrogen-bond acceptors (Lipinski definition) is 3. The molecule has 3 nitrogen and oxygen atoms in total. The molecule has 1 saturated heterocycles. The number of nitrogens with zero attached hydrogens (tertiary/aromatic N) is 3. The number of rotatable bonds is 1. The minimum absolute atomic E-state index is 0.350. The van der Waals surface area contributed by atoms with Crippen molar-refractivity contribution in [2.24, 2.45) is 0 Å². The van der Waals surface area contributed by atoms with Gasteiger partial charge in [-0.25, -0.2) is 4.39 Å². The number of nitriles is 1. The summed E-state index contributed by atoms with van der Waals surface area (Å²) in [5.74, 6) is -0.350. The summed E-state index contributed by atoms with van der Waals surface area (Å²) in [7, 11) is 2.10. The van der Waals surface area contributed by atoms with Crippen LogP contribution in [0.25, 0.3) is 0 Å². The molecule has 0 amide bonds. The molecular weight excluding hydrogens is 217 g/mol. The Morgan fingerprint density at radius 3 is 2.82 bits per heavy atom. The molecule has 0 N–H and O–H groups in total. The van der Waals surface area contributed by atoms with Crippen molar-refractivity contribution in [3.05, 3.63) is 29.6 Å². The molecule has 90 valence electrons. The smallest absolute Gasteiger partial charge is 0.124 e. The quantitative estimate of drug-likeness (QED) is 0.741. The summed E-state index contributed by atoms with van der Waals surface area (Å²) >= 11 is 0. The highest BCUT2D eigenvalue weighted by Crippen LogP contribution is 2.22. The number of likely N-dealkylation sites (N-methyl/N-ethyl adjacent to an activating group) is 1. The molecule has 1 aliphatic heterocycles. The predicted octanol–water partition coefficient (Wildman–Crippen LogP) is 1.84. The third kappa shape index (κ3) is 2.75. The first-order chi connectivity index (χ1) is 8.20. The Balaban J connectivity index is 2.24. The van der Waals surface area contributed by atoms with Crippen molar-refractivity contribution in [3.63, 3.8) is 0 Å². The zero-order chi connectivity index (χ0) is 12.3. The molecule has 0 saturated carbocycles. The van der Waals surface area contributed by atoms with Crippen molar-refractivity contribution >= 4 is 5.69 Å². The van der Waals surface area contributed by atoms with Gasteiger partial charge in [0.2, 0.25) is 0 Å². The first-order valence-electron chi connectivity index (χ1n) is 5.84. The lowest BCUT2D eigenvalue weighted by Crippen LogP contribution is -2.29. The van der Waals surface area contributed by atoms with Crippen molar-refractivity contribution in [2.45, 2.75) is 6.42 Å². The molecular formula is C13H16FN3. The van der Waals surface area contributed by atoms with E-state index >= 15 is 0 Å². The van der Waals surface area contributed by atoms with Crippen LogP contribution in [0.1, 0.15) is 12.0 Å². The standard InChI is InChI=1S/C13H16FN3/c1-16-5-2-6-17(8-7-16)13-4-3-12(14)9-11(13)10-15/h3-4,9H,2,5-8H2,1H3. The summed E-state index contributed by atoms with van der Waals surface area (Å²) in [4.78, 5) is 4.44. The van der Waals surface area contributed by atoms with Gasteiger partial charge >= 0.3 is 0 Å². The molecule has 0 radical (unpaired) electrons. The van der Waals surface area contributed by atoms with Crippen molar-refractivity contribution in [2.75, 3.05) is 38.1 Å². The van der Waals surface area contributed by atoms with Gasteiger partial charge in [-0.1, -0.05) is 0 Å². The summed E-state index contributed by atoms with van der Waals surface area (Å²) in [6.45, 7) is 3.85. The van der Waals surface area contributed by atoms with Crippen LogP contribution < -0.4 is 4.90 Å². The number of anilines is 1. The van der Waals surface area contributed by atoms with Crippen molar-refractivity contribution in [1.82, 2.24) is 4.90 Å². The van der Waals surface area contributed by atoms with Crippen LogP contribution in [0.5, 0.6) is 0 Å². The Bertz CT molecular complexity index is 439. The fraction of sp³-hybridized carbons (Fsp3) is 0.462. The minimum atomic E-state index is -0.350. The second kappa shape index (κ2) is 5.15. The molecule has 17 heavy (non-hydrogen) atoms. The monoisotopic (exact) mass is 233 g/mol. The molecule has 1 aromatic carbocycles. The van der Waals surface area contributed by atoms with E-state index in [1.807, 2.05) is 0 Å². The van der Waals surface area contributed by atoms with Crippen LogP contribution in [0.15, 0.2) is 18.2 Å². The minimum Gasteiger partial charge on any atom is -0.369 e. The van der Waals surface area contributed by atoms with Gasteiger partial charge < -0.3 is 9.80 Å². The lowest BCUT2D eigenvalue weighted by atomic mass is 10.1. The fourth-order valence-electron chi connectivity index (χ4n) is 2.16. The summed E-state index contributed by atoms with van der Waals surface area (Å²) in [6.07, 6.45) is 1.07. The van der Waals surface area contributed by atoms with Gasteiger partial charge in [-0.15, -0.1) is 0 Å². The Labute approximate surface area is 101 Å². The highest BCUT2D eigenvalue weighted by Gasteiger charge is 2.15. The first-order valence-corrected chi connectivity index (χ1v) is 5.84. The van der Waals surface area contributed by atoms with Crippen LogP contribution in [0.4, 0.5) is 10.1 Å². The van der Waals surface area contributed by atoms with E-state index in [9.17, 15) is 4.39 Å². The Morgan fingerprint density at radius 1 is 1.24 bits per heavy atom. The van der Waals surface area contributed by atoms with Gasteiger partial charge in [-0.3, -0.25) is 0 Å². The maximum absolute atomic E-state index is 13.1. The summed E-state index contributed by atoms with van der Waals surface area (Å²) in [5, 5.41) is 9.04. The van der Waals surface area contributed by atoms with E-state index in [4.69, 9.17) is 5.26 Å². The SMILES string of the molecule is CN1CCCN(c2ccc(F)cc2C#N)CC1. The van der Waals surface area contributed by atoms with Crippen LogP contribution in [-0.4, -0.2) is 38.1 Å². The molecule has 0 aromatic heterocycles. The number of halogens is 1. The topological polar surface area (TPSA) is 30.3 Å². The lowest BCUT2D eigenvalue weighted by Gasteiger charge is -2.23. The van der Waals surface area contributed by atoms with Gasteiger partial charge in [-0.05, 0) is 38.2 Å². The van der Waals surface area contributed by atoms with E-state index in [1.54, 1.807) is 6.07 Å². The lowest BCUT2D eigenvalue weighted by molar-refractivity contribution is 0.360. The molecule has 0 spiro atoms. The molecule has 0 bridgehead atoms.